The first-order valence-corrected chi connectivity index (χ1v) is 13.1. The van der Waals surface area contributed by atoms with Gasteiger partial charge in [0, 0.05) is 56.1 Å². The average Bonchev–Trinajstić information content (AvgIpc) is 3.36. The zero-order valence-electron chi connectivity index (χ0n) is 22.5. The lowest BCUT2D eigenvalue weighted by atomic mass is 10.1. The standard InChI is InChI=1S/C31H35FN4O3/c1-23-8-3-5-10-28(23)34-31(38)36(17-7-19-39-2)22-30(37)35(21-24-12-14-26(32)15-13-24)18-16-25-20-33-29-11-6-4-9-27(25)29/h3-6,8-15,20,33H,7,16-19,21-22H2,1-2H3,(H,34,38). The molecule has 0 aliphatic rings. The molecule has 4 rings (SSSR count). The highest BCUT2D eigenvalue weighted by Crippen LogP contribution is 2.19. The van der Waals surface area contributed by atoms with Crippen LogP contribution in [0.2, 0.25) is 0 Å². The van der Waals surface area contributed by atoms with Gasteiger partial charge in [-0.2, -0.15) is 0 Å². The Balaban J connectivity index is 1.51. The van der Waals surface area contributed by atoms with Crippen molar-refractivity contribution in [2.45, 2.75) is 26.3 Å². The lowest BCUT2D eigenvalue weighted by molar-refractivity contribution is -0.132. The van der Waals surface area contributed by atoms with Gasteiger partial charge in [-0.25, -0.2) is 9.18 Å². The van der Waals surface area contributed by atoms with Crippen LogP contribution in [0, 0.1) is 12.7 Å². The van der Waals surface area contributed by atoms with E-state index < -0.39 is 0 Å². The summed E-state index contributed by atoms with van der Waals surface area (Å²) in [5.41, 5.74) is 4.61. The van der Waals surface area contributed by atoms with Crippen molar-refractivity contribution < 1.29 is 18.7 Å². The maximum Gasteiger partial charge on any atom is 0.322 e. The number of urea groups is 1. The van der Waals surface area contributed by atoms with Crippen LogP contribution in [0.4, 0.5) is 14.9 Å². The van der Waals surface area contributed by atoms with E-state index in [1.54, 1.807) is 24.1 Å². The first-order valence-electron chi connectivity index (χ1n) is 13.1. The molecule has 3 aromatic carbocycles. The number of aromatic amines is 1. The molecule has 0 atom stereocenters. The van der Waals surface area contributed by atoms with E-state index in [0.717, 1.165) is 27.6 Å². The summed E-state index contributed by atoms with van der Waals surface area (Å²) >= 11 is 0. The molecular weight excluding hydrogens is 495 g/mol. The van der Waals surface area contributed by atoms with Gasteiger partial charge in [-0.05, 0) is 60.7 Å². The summed E-state index contributed by atoms with van der Waals surface area (Å²) in [6.07, 6.45) is 3.20. The van der Waals surface area contributed by atoms with Gasteiger partial charge in [-0.15, -0.1) is 0 Å². The quantitative estimate of drug-likeness (QED) is 0.229. The van der Waals surface area contributed by atoms with Gasteiger partial charge in [0.25, 0.3) is 0 Å². The van der Waals surface area contributed by atoms with Gasteiger partial charge in [-0.3, -0.25) is 4.79 Å². The van der Waals surface area contributed by atoms with Gasteiger partial charge < -0.3 is 24.8 Å². The molecule has 39 heavy (non-hydrogen) atoms. The van der Waals surface area contributed by atoms with Crippen LogP contribution in [0.15, 0.2) is 79.0 Å². The lowest BCUT2D eigenvalue weighted by Gasteiger charge is -2.28. The van der Waals surface area contributed by atoms with Gasteiger partial charge in [0.05, 0.1) is 0 Å². The highest BCUT2D eigenvalue weighted by molar-refractivity contribution is 5.93. The third kappa shape index (κ3) is 7.67. The number of aryl methyl sites for hydroxylation is 1. The van der Waals surface area contributed by atoms with Crippen molar-refractivity contribution in [1.29, 1.82) is 0 Å². The Morgan fingerprint density at radius 2 is 1.69 bits per heavy atom. The summed E-state index contributed by atoms with van der Waals surface area (Å²) in [6, 6.07) is 21.4. The topological polar surface area (TPSA) is 77.7 Å². The van der Waals surface area contributed by atoms with Crippen LogP contribution in [-0.2, 0) is 22.5 Å². The van der Waals surface area contributed by atoms with Crippen molar-refractivity contribution in [3.8, 4) is 0 Å². The van der Waals surface area contributed by atoms with E-state index >= 15 is 0 Å². The van der Waals surface area contributed by atoms with E-state index in [1.165, 1.54) is 17.0 Å². The zero-order chi connectivity index (χ0) is 27.6. The van der Waals surface area contributed by atoms with Gasteiger partial charge in [-0.1, -0.05) is 48.5 Å². The second-order valence-corrected chi connectivity index (χ2v) is 9.56. The number of amides is 3. The summed E-state index contributed by atoms with van der Waals surface area (Å²) < 4.78 is 18.7. The number of halogens is 1. The summed E-state index contributed by atoms with van der Waals surface area (Å²) in [4.78, 5) is 33.5. The molecule has 7 nitrogen and oxygen atoms in total. The van der Waals surface area contributed by atoms with Crippen LogP contribution in [0.3, 0.4) is 0 Å². The van der Waals surface area contributed by atoms with Crippen molar-refractivity contribution in [3.05, 3.63) is 102 Å². The van der Waals surface area contributed by atoms with Crippen molar-refractivity contribution in [3.63, 3.8) is 0 Å². The van der Waals surface area contributed by atoms with E-state index in [-0.39, 0.29) is 24.3 Å². The predicted octanol–water partition coefficient (Wildman–Crippen LogP) is 5.76. The van der Waals surface area contributed by atoms with Crippen LogP contribution in [0.5, 0.6) is 0 Å². The van der Waals surface area contributed by atoms with Crippen molar-refractivity contribution in [2.75, 3.05) is 38.7 Å². The number of aromatic nitrogens is 1. The van der Waals surface area contributed by atoms with Gasteiger partial charge in [0.2, 0.25) is 5.91 Å². The number of benzene rings is 3. The fraction of sp³-hybridized carbons (Fsp3) is 0.290. The Morgan fingerprint density at radius 1 is 0.949 bits per heavy atom. The fourth-order valence-electron chi connectivity index (χ4n) is 4.52. The number of nitrogens with one attached hydrogen (secondary N) is 2. The summed E-state index contributed by atoms with van der Waals surface area (Å²) in [5, 5.41) is 4.06. The summed E-state index contributed by atoms with van der Waals surface area (Å²) in [5.74, 6) is -0.510. The molecule has 0 fully saturated rings. The van der Waals surface area contributed by atoms with Crippen LogP contribution in [-0.4, -0.2) is 60.1 Å². The minimum Gasteiger partial charge on any atom is -0.385 e. The number of H-pyrrole nitrogens is 1. The molecule has 2 N–H and O–H groups in total. The second-order valence-electron chi connectivity index (χ2n) is 9.56. The second kappa shape index (κ2) is 13.6. The van der Waals surface area contributed by atoms with E-state index in [9.17, 15) is 14.0 Å². The van der Waals surface area contributed by atoms with Crippen molar-refractivity contribution in [1.82, 2.24) is 14.8 Å². The molecule has 0 saturated carbocycles. The first kappa shape index (κ1) is 27.9. The number of carbonyl (C=O) groups is 2. The zero-order valence-corrected chi connectivity index (χ0v) is 22.5. The Labute approximate surface area is 228 Å². The Hall–Kier alpha value is -4.17. The number of hydrogen-bond donors (Lipinski definition) is 2. The van der Waals surface area contributed by atoms with Crippen LogP contribution < -0.4 is 5.32 Å². The Kier molecular flexibility index (Phi) is 9.69. The molecule has 0 spiro atoms. The molecule has 1 aromatic heterocycles. The molecule has 0 bridgehead atoms. The number of nitrogens with zero attached hydrogens (tertiary/aromatic N) is 2. The summed E-state index contributed by atoms with van der Waals surface area (Å²) in [7, 11) is 1.61. The summed E-state index contributed by atoms with van der Waals surface area (Å²) in [6.45, 7) is 3.43. The molecule has 0 radical (unpaired) electrons. The number of carbonyl (C=O) groups excluding carboxylic acids is 2. The molecule has 8 heteroatoms. The van der Waals surface area contributed by atoms with Crippen LogP contribution in [0.1, 0.15) is 23.1 Å². The molecule has 204 valence electrons. The number of ether oxygens (including phenoxy) is 1. The maximum absolute atomic E-state index is 13.7. The van der Waals surface area contributed by atoms with Crippen molar-refractivity contribution >= 4 is 28.5 Å². The Bertz CT molecular complexity index is 1390. The van der Waals surface area contributed by atoms with Gasteiger partial charge >= 0.3 is 6.03 Å². The SMILES string of the molecule is COCCCN(CC(=O)N(CCc1c[nH]c2ccccc12)Cc1ccc(F)cc1)C(=O)Nc1ccccc1C. The van der Waals surface area contributed by atoms with Gasteiger partial charge in [0.1, 0.15) is 12.4 Å². The highest BCUT2D eigenvalue weighted by atomic mass is 19.1. The number of fused-ring (bicyclic) bond motifs is 1. The molecule has 0 unspecified atom stereocenters. The predicted molar refractivity (Wildman–Crippen MR) is 152 cm³/mol. The van der Waals surface area contributed by atoms with Crippen molar-refractivity contribution in [2.24, 2.45) is 0 Å². The third-order valence-electron chi connectivity index (χ3n) is 6.74. The number of para-hydroxylation sites is 2. The smallest absolute Gasteiger partial charge is 0.322 e. The minimum absolute atomic E-state index is 0.0868. The maximum atomic E-state index is 13.7. The van der Waals surface area contributed by atoms with E-state index in [1.807, 2.05) is 55.6 Å². The number of hydrogen-bond acceptors (Lipinski definition) is 3. The lowest BCUT2D eigenvalue weighted by Crippen LogP contribution is -2.45. The molecular formula is C31H35FN4O3. The average molecular weight is 531 g/mol. The number of methoxy groups -OCH3 is 1. The van der Waals surface area contributed by atoms with Gasteiger partial charge in [0.15, 0.2) is 0 Å². The van der Waals surface area contributed by atoms with Crippen LogP contribution in [0.25, 0.3) is 10.9 Å². The highest BCUT2D eigenvalue weighted by Gasteiger charge is 2.22. The fourth-order valence-corrected chi connectivity index (χ4v) is 4.52. The third-order valence-corrected chi connectivity index (χ3v) is 6.74. The minimum atomic E-state index is -0.341. The number of rotatable bonds is 12. The normalized spacial score (nSPS) is 10.9. The molecule has 0 saturated heterocycles. The largest absolute Gasteiger partial charge is 0.385 e. The Morgan fingerprint density at radius 3 is 2.46 bits per heavy atom. The molecule has 0 aliphatic carbocycles. The van der Waals surface area contributed by atoms with E-state index in [4.69, 9.17) is 4.74 Å². The molecule has 0 aliphatic heterocycles. The van der Waals surface area contributed by atoms with E-state index in [0.29, 0.717) is 44.8 Å². The van der Waals surface area contributed by atoms with Crippen LogP contribution >= 0.6 is 0 Å². The monoisotopic (exact) mass is 530 g/mol. The first-order chi connectivity index (χ1) is 18.9. The molecule has 1 heterocycles. The molecule has 3 amide bonds. The molecule has 4 aromatic rings. The van der Waals surface area contributed by atoms with E-state index in [2.05, 4.69) is 16.4 Å². The number of anilines is 1.